The lowest BCUT2D eigenvalue weighted by atomic mass is 10.0. The molecule has 4 heterocycles. The maximum Gasteiger partial charge on any atom is 0.238 e. The lowest BCUT2D eigenvalue weighted by Gasteiger charge is -2.17. The molecular weight excluding hydrogens is 502 g/mol. The molecule has 0 saturated carbocycles. The number of nitrogens with zero attached hydrogens (tertiary/aromatic N) is 5. The van der Waals surface area contributed by atoms with Crippen LogP contribution in [-0.4, -0.2) is 38.3 Å². The third-order valence-corrected chi connectivity index (χ3v) is 7.01. The van der Waals surface area contributed by atoms with Gasteiger partial charge in [-0.2, -0.15) is 0 Å². The van der Waals surface area contributed by atoms with E-state index in [0.29, 0.717) is 34.2 Å². The first-order valence-electron chi connectivity index (χ1n) is 11.5. The number of aromatic amines is 1. The number of imidazole rings is 1. The molecule has 188 valence electrons. The number of primary sulfonamides is 1. The second-order valence-corrected chi connectivity index (χ2v) is 10.1. The second-order valence-electron chi connectivity index (χ2n) is 8.56. The summed E-state index contributed by atoms with van der Waals surface area (Å²) in [5.74, 6) is 1.17. The van der Waals surface area contributed by atoms with Crippen molar-refractivity contribution in [3.63, 3.8) is 0 Å². The molecule has 0 aliphatic carbocycles. The summed E-state index contributed by atoms with van der Waals surface area (Å²) in [4.78, 5) is 25.2. The van der Waals surface area contributed by atoms with E-state index in [1.165, 1.54) is 18.5 Å². The van der Waals surface area contributed by atoms with Gasteiger partial charge in [-0.3, -0.25) is 0 Å². The van der Waals surface area contributed by atoms with Gasteiger partial charge in [0.25, 0.3) is 0 Å². The molecule has 0 radical (unpaired) electrons. The van der Waals surface area contributed by atoms with E-state index in [9.17, 15) is 8.42 Å². The monoisotopic (exact) mass is 523 g/mol. The van der Waals surface area contributed by atoms with Gasteiger partial charge in [0.2, 0.25) is 10.0 Å². The van der Waals surface area contributed by atoms with Gasteiger partial charge in [0.05, 0.1) is 16.9 Å². The molecule has 4 aromatic heterocycles. The van der Waals surface area contributed by atoms with E-state index in [4.69, 9.17) is 5.14 Å². The Bertz CT molecular complexity index is 1940. The Morgan fingerprint density at radius 1 is 0.842 bits per heavy atom. The van der Waals surface area contributed by atoms with Crippen molar-refractivity contribution in [1.29, 1.82) is 0 Å². The standard InChI is InChI=1S/C26H21N9O2S/c1-15-7-8-19-18(9-11-29-24(19)34-16-4-2-5-17(12-16)38(27,36)37)21(15)35-25-20(6-3-10-28-25)22-23-26(32-13-30-22)33-14-31-23/h2-14H,1H3,(H,28,35)(H,29,34)(H2,27,36,37)(H,30,31,32,33). The van der Waals surface area contributed by atoms with Gasteiger partial charge in [-0.15, -0.1) is 0 Å². The van der Waals surface area contributed by atoms with Crippen LogP contribution < -0.4 is 15.8 Å². The van der Waals surface area contributed by atoms with Crippen LogP contribution in [0.4, 0.5) is 23.0 Å². The molecule has 6 rings (SSSR count). The van der Waals surface area contributed by atoms with Gasteiger partial charge < -0.3 is 15.6 Å². The molecular formula is C26H21N9O2S. The predicted molar refractivity (Wildman–Crippen MR) is 146 cm³/mol. The van der Waals surface area contributed by atoms with Crippen LogP contribution in [0.15, 0.2) is 84.5 Å². The fourth-order valence-corrected chi connectivity index (χ4v) is 4.85. The van der Waals surface area contributed by atoms with Gasteiger partial charge in [-0.25, -0.2) is 38.5 Å². The number of fused-ring (bicyclic) bond motifs is 2. The fraction of sp³-hybridized carbons (Fsp3) is 0.0385. The number of H-pyrrole nitrogens is 1. The summed E-state index contributed by atoms with van der Waals surface area (Å²) >= 11 is 0. The topological polar surface area (TPSA) is 164 Å². The Kier molecular flexibility index (Phi) is 5.66. The van der Waals surface area contributed by atoms with Crippen LogP contribution in [0.5, 0.6) is 0 Å². The van der Waals surface area contributed by atoms with E-state index in [1.807, 2.05) is 37.3 Å². The zero-order valence-corrected chi connectivity index (χ0v) is 20.9. The highest BCUT2D eigenvalue weighted by atomic mass is 32.2. The molecule has 5 N–H and O–H groups in total. The number of anilines is 4. The number of nitrogens with two attached hydrogens (primary N) is 1. The first kappa shape index (κ1) is 23.5. The van der Waals surface area contributed by atoms with E-state index in [-0.39, 0.29) is 4.90 Å². The number of sulfonamides is 1. The lowest BCUT2D eigenvalue weighted by Crippen LogP contribution is -2.12. The van der Waals surface area contributed by atoms with Gasteiger partial charge in [0, 0.05) is 34.4 Å². The Hall–Kier alpha value is -4.94. The Morgan fingerprint density at radius 2 is 1.71 bits per heavy atom. The summed E-state index contributed by atoms with van der Waals surface area (Å²) in [6.07, 6.45) is 6.48. The first-order valence-corrected chi connectivity index (χ1v) is 13.1. The summed E-state index contributed by atoms with van der Waals surface area (Å²) in [5, 5.41) is 13.7. The summed E-state index contributed by atoms with van der Waals surface area (Å²) in [6.45, 7) is 2.00. The van der Waals surface area contributed by atoms with Crippen molar-refractivity contribution in [3.05, 3.63) is 85.2 Å². The zero-order chi connectivity index (χ0) is 26.3. The lowest BCUT2D eigenvalue weighted by molar-refractivity contribution is 0.598. The fourth-order valence-electron chi connectivity index (χ4n) is 4.29. The number of hydrogen-bond donors (Lipinski definition) is 4. The SMILES string of the molecule is Cc1ccc2c(Nc3cccc(S(N)(=O)=O)c3)nccc2c1Nc1ncccc1-c1ncnc2[nH]cnc12. The third kappa shape index (κ3) is 4.27. The van der Waals surface area contributed by atoms with Crippen LogP contribution in [-0.2, 0) is 10.0 Å². The third-order valence-electron chi connectivity index (χ3n) is 6.10. The van der Waals surface area contributed by atoms with Crippen LogP contribution in [0.25, 0.3) is 33.2 Å². The molecule has 0 amide bonds. The van der Waals surface area contributed by atoms with Crippen molar-refractivity contribution in [2.24, 2.45) is 5.14 Å². The Morgan fingerprint density at radius 3 is 2.58 bits per heavy atom. The van der Waals surface area contributed by atoms with Gasteiger partial charge >= 0.3 is 0 Å². The molecule has 0 aliphatic rings. The summed E-state index contributed by atoms with van der Waals surface area (Å²) in [5.41, 5.74) is 5.10. The largest absolute Gasteiger partial charge is 0.340 e. The summed E-state index contributed by atoms with van der Waals surface area (Å²) in [6, 6.07) is 15.9. The number of aromatic nitrogens is 6. The van der Waals surface area contributed by atoms with Gasteiger partial charge in [0.15, 0.2) is 5.65 Å². The molecule has 0 fully saturated rings. The van der Waals surface area contributed by atoms with Crippen LogP contribution in [0.1, 0.15) is 5.56 Å². The quantitative estimate of drug-likeness (QED) is 0.247. The number of hydrogen-bond acceptors (Lipinski definition) is 9. The molecule has 2 aromatic carbocycles. The number of benzene rings is 2. The van der Waals surface area contributed by atoms with Crippen molar-refractivity contribution >= 4 is 55.0 Å². The number of rotatable bonds is 6. The van der Waals surface area contributed by atoms with Gasteiger partial charge in [0.1, 0.15) is 29.2 Å². The number of pyridine rings is 2. The molecule has 12 heteroatoms. The van der Waals surface area contributed by atoms with Crippen molar-refractivity contribution in [2.45, 2.75) is 11.8 Å². The van der Waals surface area contributed by atoms with E-state index in [2.05, 4.69) is 40.5 Å². The number of aryl methyl sites for hydroxylation is 1. The van der Waals surface area contributed by atoms with Crippen molar-refractivity contribution in [2.75, 3.05) is 10.6 Å². The minimum Gasteiger partial charge on any atom is -0.340 e. The van der Waals surface area contributed by atoms with E-state index in [1.54, 1.807) is 30.9 Å². The van der Waals surface area contributed by atoms with Crippen molar-refractivity contribution in [3.8, 4) is 11.3 Å². The summed E-state index contributed by atoms with van der Waals surface area (Å²) in [7, 11) is -3.84. The minimum absolute atomic E-state index is 0.0133. The number of nitrogens with one attached hydrogen (secondary N) is 3. The highest BCUT2D eigenvalue weighted by Crippen LogP contribution is 2.36. The molecule has 0 bridgehead atoms. The zero-order valence-electron chi connectivity index (χ0n) is 20.0. The van der Waals surface area contributed by atoms with Crippen LogP contribution >= 0.6 is 0 Å². The van der Waals surface area contributed by atoms with Crippen LogP contribution in [0.3, 0.4) is 0 Å². The van der Waals surface area contributed by atoms with Crippen LogP contribution in [0, 0.1) is 6.92 Å². The normalized spacial score (nSPS) is 11.6. The average Bonchev–Trinajstić information content (AvgIpc) is 3.40. The van der Waals surface area contributed by atoms with Crippen LogP contribution in [0.2, 0.25) is 0 Å². The van der Waals surface area contributed by atoms with E-state index in [0.717, 1.165) is 27.6 Å². The smallest absolute Gasteiger partial charge is 0.238 e. The average molecular weight is 524 g/mol. The highest BCUT2D eigenvalue weighted by molar-refractivity contribution is 7.89. The molecule has 6 aromatic rings. The Balaban J connectivity index is 1.43. The molecule has 0 spiro atoms. The van der Waals surface area contributed by atoms with E-state index >= 15 is 0 Å². The molecule has 0 aliphatic heterocycles. The van der Waals surface area contributed by atoms with E-state index < -0.39 is 10.0 Å². The molecule has 0 saturated heterocycles. The molecule has 38 heavy (non-hydrogen) atoms. The van der Waals surface area contributed by atoms with Gasteiger partial charge in [-0.1, -0.05) is 18.2 Å². The second kappa shape index (κ2) is 9.18. The van der Waals surface area contributed by atoms with Gasteiger partial charge in [-0.05, 0) is 48.9 Å². The Labute approximate surface area is 217 Å². The molecule has 0 atom stereocenters. The first-order chi connectivity index (χ1) is 18.4. The van der Waals surface area contributed by atoms with Crippen molar-refractivity contribution in [1.82, 2.24) is 29.9 Å². The maximum atomic E-state index is 11.8. The predicted octanol–water partition coefficient (Wildman–Crippen LogP) is 4.41. The summed E-state index contributed by atoms with van der Waals surface area (Å²) < 4.78 is 23.6. The highest BCUT2D eigenvalue weighted by Gasteiger charge is 2.16. The maximum absolute atomic E-state index is 11.8. The molecule has 0 unspecified atom stereocenters. The minimum atomic E-state index is -3.84. The van der Waals surface area contributed by atoms with Crippen molar-refractivity contribution < 1.29 is 8.42 Å². The molecule has 11 nitrogen and oxygen atoms in total.